The van der Waals surface area contributed by atoms with Crippen LogP contribution in [0.3, 0.4) is 0 Å². The van der Waals surface area contributed by atoms with Crippen LogP contribution in [0.5, 0.6) is 5.75 Å². The normalized spacial score (nSPS) is 16.9. The summed E-state index contributed by atoms with van der Waals surface area (Å²) >= 11 is 0. The molecule has 2 nitrogen and oxygen atoms in total. The Morgan fingerprint density at radius 1 is 1.33 bits per heavy atom. The molecule has 2 heteroatoms. The van der Waals surface area contributed by atoms with Crippen LogP contribution in [-0.4, -0.2) is 19.7 Å². The van der Waals surface area contributed by atoms with Gasteiger partial charge in [-0.1, -0.05) is 31.5 Å². The SMILES string of the molecule is COc1ccc(C)cc1CC1(CNC(C)C)CC1. The Balaban J connectivity index is 2.06. The quantitative estimate of drug-likeness (QED) is 0.832. The summed E-state index contributed by atoms with van der Waals surface area (Å²) in [5.41, 5.74) is 3.16. The van der Waals surface area contributed by atoms with Crippen LogP contribution < -0.4 is 10.1 Å². The highest BCUT2D eigenvalue weighted by Crippen LogP contribution is 2.49. The predicted octanol–water partition coefficient (Wildman–Crippen LogP) is 3.32. The average molecular weight is 247 g/mol. The Morgan fingerprint density at radius 2 is 2.06 bits per heavy atom. The first kappa shape index (κ1) is 13.4. The fourth-order valence-electron chi connectivity index (χ4n) is 2.46. The highest BCUT2D eigenvalue weighted by atomic mass is 16.5. The fraction of sp³-hybridized carbons (Fsp3) is 0.625. The molecule has 1 saturated carbocycles. The van der Waals surface area contributed by atoms with Crippen molar-refractivity contribution in [3.05, 3.63) is 29.3 Å². The van der Waals surface area contributed by atoms with E-state index in [0.717, 1.165) is 18.7 Å². The maximum absolute atomic E-state index is 5.48. The van der Waals surface area contributed by atoms with Crippen molar-refractivity contribution in [1.29, 1.82) is 0 Å². The van der Waals surface area contributed by atoms with Gasteiger partial charge in [0.15, 0.2) is 0 Å². The third-order valence-electron chi connectivity index (χ3n) is 3.84. The van der Waals surface area contributed by atoms with Crippen molar-refractivity contribution >= 4 is 0 Å². The van der Waals surface area contributed by atoms with Crippen molar-refractivity contribution in [2.45, 2.75) is 46.1 Å². The van der Waals surface area contributed by atoms with Gasteiger partial charge in [-0.15, -0.1) is 0 Å². The minimum absolute atomic E-state index is 0.478. The number of rotatable bonds is 6. The van der Waals surface area contributed by atoms with Gasteiger partial charge in [0.05, 0.1) is 7.11 Å². The highest BCUT2D eigenvalue weighted by molar-refractivity contribution is 5.38. The van der Waals surface area contributed by atoms with Crippen LogP contribution in [0.1, 0.15) is 37.8 Å². The van der Waals surface area contributed by atoms with E-state index >= 15 is 0 Å². The van der Waals surface area contributed by atoms with Gasteiger partial charge in [-0.25, -0.2) is 0 Å². The highest BCUT2D eigenvalue weighted by Gasteiger charge is 2.42. The van der Waals surface area contributed by atoms with Gasteiger partial charge in [0, 0.05) is 12.6 Å². The Bertz CT molecular complexity index is 408. The van der Waals surface area contributed by atoms with E-state index in [2.05, 4.69) is 44.3 Å². The van der Waals surface area contributed by atoms with Crippen molar-refractivity contribution in [3.8, 4) is 5.75 Å². The first-order valence-corrected chi connectivity index (χ1v) is 6.92. The molecule has 0 unspecified atom stereocenters. The van der Waals surface area contributed by atoms with E-state index in [1.165, 1.54) is 24.0 Å². The summed E-state index contributed by atoms with van der Waals surface area (Å²) in [6.07, 6.45) is 3.81. The summed E-state index contributed by atoms with van der Waals surface area (Å²) in [7, 11) is 1.76. The number of hydrogen-bond acceptors (Lipinski definition) is 2. The zero-order valence-corrected chi connectivity index (χ0v) is 12.0. The largest absolute Gasteiger partial charge is 0.496 e. The van der Waals surface area contributed by atoms with Gasteiger partial charge in [-0.05, 0) is 43.2 Å². The maximum atomic E-state index is 5.48. The molecule has 0 aromatic heterocycles. The molecule has 2 rings (SSSR count). The summed E-state index contributed by atoms with van der Waals surface area (Å²) in [4.78, 5) is 0. The molecule has 0 saturated heterocycles. The number of nitrogens with one attached hydrogen (secondary N) is 1. The van der Waals surface area contributed by atoms with Crippen LogP contribution >= 0.6 is 0 Å². The number of hydrogen-bond donors (Lipinski definition) is 1. The van der Waals surface area contributed by atoms with Gasteiger partial charge in [-0.2, -0.15) is 0 Å². The van der Waals surface area contributed by atoms with Crippen molar-refractivity contribution in [2.75, 3.05) is 13.7 Å². The lowest BCUT2D eigenvalue weighted by Gasteiger charge is -2.19. The third kappa shape index (κ3) is 3.26. The average Bonchev–Trinajstić information content (AvgIpc) is 3.07. The summed E-state index contributed by atoms with van der Waals surface area (Å²) in [5.74, 6) is 1.04. The third-order valence-corrected chi connectivity index (χ3v) is 3.84. The second-order valence-corrected chi connectivity index (χ2v) is 6.03. The molecule has 0 amide bonds. The summed E-state index contributed by atoms with van der Waals surface area (Å²) in [6, 6.07) is 7.06. The van der Waals surface area contributed by atoms with Crippen molar-refractivity contribution < 1.29 is 4.74 Å². The van der Waals surface area contributed by atoms with Crippen molar-refractivity contribution in [3.63, 3.8) is 0 Å². The minimum Gasteiger partial charge on any atom is -0.496 e. The second kappa shape index (κ2) is 5.31. The Hall–Kier alpha value is -1.02. The van der Waals surface area contributed by atoms with Crippen LogP contribution in [0.4, 0.5) is 0 Å². The van der Waals surface area contributed by atoms with Gasteiger partial charge in [0.1, 0.15) is 5.75 Å². The maximum Gasteiger partial charge on any atom is 0.122 e. The lowest BCUT2D eigenvalue weighted by Crippen LogP contribution is -2.31. The zero-order chi connectivity index (χ0) is 13.2. The molecule has 1 aromatic carbocycles. The molecule has 100 valence electrons. The molecule has 1 aliphatic carbocycles. The van der Waals surface area contributed by atoms with Gasteiger partial charge >= 0.3 is 0 Å². The van der Waals surface area contributed by atoms with E-state index in [4.69, 9.17) is 4.74 Å². The monoisotopic (exact) mass is 247 g/mol. The Labute approximate surface area is 111 Å². The van der Waals surface area contributed by atoms with E-state index in [0.29, 0.717) is 11.5 Å². The molecule has 0 aliphatic heterocycles. The second-order valence-electron chi connectivity index (χ2n) is 6.03. The summed E-state index contributed by atoms with van der Waals surface area (Å²) < 4.78 is 5.48. The van der Waals surface area contributed by atoms with Crippen LogP contribution in [0.15, 0.2) is 18.2 Å². The van der Waals surface area contributed by atoms with Crippen LogP contribution in [0.2, 0.25) is 0 Å². The molecule has 0 atom stereocenters. The molecule has 1 aromatic rings. The molecule has 0 radical (unpaired) electrons. The molecule has 1 N–H and O–H groups in total. The van der Waals surface area contributed by atoms with Crippen molar-refractivity contribution in [2.24, 2.45) is 5.41 Å². The Morgan fingerprint density at radius 3 is 2.61 bits per heavy atom. The summed E-state index contributed by atoms with van der Waals surface area (Å²) in [5, 5.41) is 3.58. The van der Waals surface area contributed by atoms with Crippen LogP contribution in [0, 0.1) is 12.3 Å². The first-order chi connectivity index (χ1) is 8.54. The van der Waals surface area contributed by atoms with Gasteiger partial charge in [0.2, 0.25) is 0 Å². The molecular weight excluding hydrogens is 222 g/mol. The lowest BCUT2D eigenvalue weighted by molar-refractivity contribution is 0.391. The van der Waals surface area contributed by atoms with Crippen LogP contribution in [0.25, 0.3) is 0 Å². The predicted molar refractivity (Wildman–Crippen MR) is 76.2 cm³/mol. The van der Waals surface area contributed by atoms with E-state index in [1.54, 1.807) is 7.11 Å². The smallest absolute Gasteiger partial charge is 0.122 e. The Kier molecular flexibility index (Phi) is 3.96. The van der Waals surface area contributed by atoms with Crippen molar-refractivity contribution in [1.82, 2.24) is 5.32 Å². The number of aryl methyl sites for hydroxylation is 1. The first-order valence-electron chi connectivity index (χ1n) is 6.92. The van der Waals surface area contributed by atoms with Crippen LogP contribution in [-0.2, 0) is 6.42 Å². The molecule has 18 heavy (non-hydrogen) atoms. The van der Waals surface area contributed by atoms with Gasteiger partial charge in [-0.3, -0.25) is 0 Å². The molecule has 0 bridgehead atoms. The number of benzene rings is 1. The van der Waals surface area contributed by atoms with E-state index in [1.807, 2.05) is 0 Å². The molecule has 0 heterocycles. The zero-order valence-electron chi connectivity index (χ0n) is 12.0. The standard InChI is InChI=1S/C16H25NO/c1-12(2)17-11-16(7-8-16)10-14-9-13(3)5-6-15(14)18-4/h5-6,9,12,17H,7-8,10-11H2,1-4H3. The van der Waals surface area contributed by atoms with E-state index in [9.17, 15) is 0 Å². The molecule has 1 aliphatic rings. The minimum atomic E-state index is 0.478. The number of ether oxygens (including phenoxy) is 1. The van der Waals surface area contributed by atoms with E-state index in [-0.39, 0.29) is 0 Å². The lowest BCUT2D eigenvalue weighted by atomic mass is 9.94. The molecular formula is C16H25NO. The number of methoxy groups -OCH3 is 1. The topological polar surface area (TPSA) is 21.3 Å². The fourth-order valence-corrected chi connectivity index (χ4v) is 2.46. The molecule has 1 fully saturated rings. The molecule has 0 spiro atoms. The van der Waals surface area contributed by atoms with Gasteiger partial charge < -0.3 is 10.1 Å². The van der Waals surface area contributed by atoms with E-state index < -0.39 is 0 Å². The van der Waals surface area contributed by atoms with Gasteiger partial charge in [0.25, 0.3) is 0 Å². The summed E-state index contributed by atoms with van der Waals surface area (Å²) in [6.45, 7) is 7.70.